The van der Waals surface area contributed by atoms with Gasteiger partial charge >= 0.3 is 0 Å². The third-order valence-electron chi connectivity index (χ3n) is 2.66. The number of fused-ring (bicyclic) bond motifs is 1. The van der Waals surface area contributed by atoms with E-state index in [2.05, 4.69) is 5.32 Å². The van der Waals surface area contributed by atoms with Crippen molar-refractivity contribution in [2.75, 3.05) is 13.2 Å². The van der Waals surface area contributed by atoms with E-state index < -0.39 is 6.10 Å². The number of ether oxygens (including phenoxy) is 1. The predicted octanol–water partition coefficient (Wildman–Crippen LogP) is 1.25. The van der Waals surface area contributed by atoms with Crippen LogP contribution in [0.15, 0.2) is 18.2 Å². The lowest BCUT2D eigenvalue weighted by Gasteiger charge is -2.11. The molecule has 1 heterocycles. The number of amides is 1. The fourth-order valence-corrected chi connectivity index (χ4v) is 1.71. The van der Waals surface area contributed by atoms with Crippen LogP contribution in [0.4, 0.5) is 0 Å². The second-order valence-electron chi connectivity index (χ2n) is 3.78. The van der Waals surface area contributed by atoms with Gasteiger partial charge in [-0.3, -0.25) is 4.79 Å². The summed E-state index contributed by atoms with van der Waals surface area (Å²) in [7, 11) is 0. The van der Waals surface area contributed by atoms with Crippen LogP contribution in [0, 0.1) is 0 Å². The van der Waals surface area contributed by atoms with Gasteiger partial charge in [0.05, 0.1) is 18.2 Å². The summed E-state index contributed by atoms with van der Waals surface area (Å²) in [4.78, 5) is 11.7. The molecule has 1 aliphatic heterocycles. The lowest BCUT2D eigenvalue weighted by molar-refractivity contribution is 0.0957. The van der Waals surface area contributed by atoms with Gasteiger partial charge in [-0.2, -0.15) is 0 Å². The average molecular weight is 221 g/mol. The van der Waals surface area contributed by atoms with Gasteiger partial charge in [-0.25, -0.2) is 0 Å². The van der Waals surface area contributed by atoms with Gasteiger partial charge in [0, 0.05) is 0 Å². The molecule has 1 atom stereocenters. The van der Waals surface area contributed by atoms with Crippen LogP contribution in [0.5, 0.6) is 5.75 Å². The molecule has 16 heavy (non-hydrogen) atoms. The molecule has 1 aliphatic rings. The molecule has 0 aliphatic carbocycles. The van der Waals surface area contributed by atoms with Crippen LogP contribution >= 0.6 is 0 Å². The maximum atomic E-state index is 11.7. The Morgan fingerprint density at radius 2 is 2.38 bits per heavy atom. The van der Waals surface area contributed by atoms with Gasteiger partial charge in [-0.15, -0.1) is 0 Å². The SMILES string of the molecule is CC[C@H](O)c1ccc2c(c1)C(=O)NCCO2. The minimum Gasteiger partial charge on any atom is -0.491 e. The van der Waals surface area contributed by atoms with Crippen molar-refractivity contribution in [1.82, 2.24) is 5.32 Å². The highest BCUT2D eigenvalue weighted by molar-refractivity contribution is 5.97. The molecule has 4 heteroatoms. The molecule has 86 valence electrons. The Labute approximate surface area is 94.2 Å². The zero-order chi connectivity index (χ0) is 11.5. The first kappa shape index (κ1) is 11.0. The number of aliphatic hydroxyl groups is 1. The van der Waals surface area contributed by atoms with E-state index in [4.69, 9.17) is 4.74 Å². The number of aliphatic hydroxyl groups excluding tert-OH is 1. The number of rotatable bonds is 2. The Bertz CT molecular complexity index is 403. The van der Waals surface area contributed by atoms with Crippen molar-refractivity contribution in [2.24, 2.45) is 0 Å². The molecule has 1 aromatic carbocycles. The standard InChI is InChI=1S/C12H15NO3/c1-2-10(14)8-3-4-11-9(7-8)12(15)13-5-6-16-11/h3-4,7,10,14H,2,5-6H2,1H3,(H,13,15)/t10-/m0/s1. The van der Waals surface area contributed by atoms with Gasteiger partial charge in [-0.05, 0) is 24.1 Å². The van der Waals surface area contributed by atoms with E-state index in [1.165, 1.54) is 0 Å². The molecule has 0 aromatic heterocycles. The van der Waals surface area contributed by atoms with Crippen LogP contribution in [-0.2, 0) is 0 Å². The summed E-state index contributed by atoms with van der Waals surface area (Å²) >= 11 is 0. The molecule has 4 nitrogen and oxygen atoms in total. The highest BCUT2D eigenvalue weighted by atomic mass is 16.5. The zero-order valence-electron chi connectivity index (χ0n) is 9.19. The summed E-state index contributed by atoms with van der Waals surface area (Å²) in [5, 5.41) is 12.5. The Morgan fingerprint density at radius 3 is 3.12 bits per heavy atom. The minimum atomic E-state index is -0.527. The van der Waals surface area contributed by atoms with E-state index in [9.17, 15) is 9.90 Å². The first-order chi connectivity index (χ1) is 7.72. The van der Waals surface area contributed by atoms with Gasteiger partial charge < -0.3 is 15.2 Å². The van der Waals surface area contributed by atoms with Gasteiger partial charge in [-0.1, -0.05) is 13.0 Å². The van der Waals surface area contributed by atoms with Crippen molar-refractivity contribution in [1.29, 1.82) is 0 Å². The Balaban J connectivity index is 2.39. The van der Waals surface area contributed by atoms with E-state index in [1.807, 2.05) is 6.92 Å². The first-order valence-corrected chi connectivity index (χ1v) is 5.45. The highest BCUT2D eigenvalue weighted by Crippen LogP contribution is 2.25. The van der Waals surface area contributed by atoms with Crippen molar-refractivity contribution in [3.8, 4) is 5.75 Å². The summed E-state index contributed by atoms with van der Waals surface area (Å²) in [5.74, 6) is 0.444. The van der Waals surface area contributed by atoms with Crippen LogP contribution in [0.25, 0.3) is 0 Å². The van der Waals surface area contributed by atoms with E-state index in [-0.39, 0.29) is 5.91 Å². The van der Waals surface area contributed by atoms with Crippen LogP contribution in [0.3, 0.4) is 0 Å². The Kier molecular flexibility index (Phi) is 3.10. The maximum absolute atomic E-state index is 11.7. The Morgan fingerprint density at radius 1 is 1.56 bits per heavy atom. The molecule has 1 amide bonds. The van der Waals surface area contributed by atoms with E-state index in [0.717, 1.165) is 5.56 Å². The lowest BCUT2D eigenvalue weighted by Crippen LogP contribution is -2.24. The largest absolute Gasteiger partial charge is 0.491 e. The van der Waals surface area contributed by atoms with Gasteiger partial charge in [0.1, 0.15) is 12.4 Å². The summed E-state index contributed by atoms with van der Waals surface area (Å²) in [6.45, 7) is 2.89. The van der Waals surface area contributed by atoms with Gasteiger partial charge in [0.2, 0.25) is 0 Å². The first-order valence-electron chi connectivity index (χ1n) is 5.45. The molecule has 2 rings (SSSR count). The minimum absolute atomic E-state index is 0.141. The van der Waals surface area contributed by atoms with E-state index in [0.29, 0.717) is 30.9 Å². The summed E-state index contributed by atoms with van der Waals surface area (Å²) in [6.07, 6.45) is 0.0997. The van der Waals surface area contributed by atoms with Gasteiger partial charge in [0.15, 0.2) is 0 Å². The van der Waals surface area contributed by atoms with Gasteiger partial charge in [0.25, 0.3) is 5.91 Å². The van der Waals surface area contributed by atoms with Crippen LogP contribution in [0.1, 0.15) is 35.4 Å². The second kappa shape index (κ2) is 4.53. The number of hydrogen-bond acceptors (Lipinski definition) is 3. The molecule has 0 spiro atoms. The van der Waals surface area contributed by atoms with Crippen molar-refractivity contribution < 1.29 is 14.6 Å². The molecule has 0 bridgehead atoms. The van der Waals surface area contributed by atoms with Crippen molar-refractivity contribution in [3.05, 3.63) is 29.3 Å². The van der Waals surface area contributed by atoms with E-state index >= 15 is 0 Å². The molecule has 0 unspecified atom stereocenters. The van der Waals surface area contributed by atoms with Crippen molar-refractivity contribution in [2.45, 2.75) is 19.4 Å². The quantitative estimate of drug-likeness (QED) is 0.790. The number of carbonyl (C=O) groups is 1. The topological polar surface area (TPSA) is 58.6 Å². The van der Waals surface area contributed by atoms with Crippen LogP contribution in [0.2, 0.25) is 0 Å². The zero-order valence-corrected chi connectivity index (χ0v) is 9.19. The molecular weight excluding hydrogens is 206 g/mol. The number of carbonyl (C=O) groups excluding carboxylic acids is 1. The second-order valence-corrected chi connectivity index (χ2v) is 3.78. The lowest BCUT2D eigenvalue weighted by atomic mass is 10.0. The molecule has 0 fully saturated rings. The third kappa shape index (κ3) is 2.02. The van der Waals surface area contributed by atoms with E-state index in [1.54, 1.807) is 18.2 Å². The molecular formula is C12H15NO3. The monoisotopic (exact) mass is 221 g/mol. The molecule has 2 N–H and O–H groups in total. The average Bonchev–Trinajstić information content (AvgIpc) is 2.50. The molecule has 1 aromatic rings. The summed E-state index contributed by atoms with van der Waals surface area (Å²) in [6, 6.07) is 5.24. The van der Waals surface area contributed by atoms with Crippen molar-refractivity contribution >= 4 is 5.91 Å². The fraction of sp³-hybridized carbons (Fsp3) is 0.417. The fourth-order valence-electron chi connectivity index (χ4n) is 1.71. The number of hydrogen-bond donors (Lipinski definition) is 2. The number of nitrogens with one attached hydrogen (secondary N) is 1. The maximum Gasteiger partial charge on any atom is 0.255 e. The molecule has 0 radical (unpaired) electrons. The number of benzene rings is 1. The summed E-state index contributed by atoms with van der Waals surface area (Å²) in [5.41, 5.74) is 1.25. The van der Waals surface area contributed by atoms with Crippen LogP contribution < -0.4 is 10.1 Å². The van der Waals surface area contributed by atoms with Crippen LogP contribution in [-0.4, -0.2) is 24.2 Å². The third-order valence-corrected chi connectivity index (χ3v) is 2.66. The van der Waals surface area contributed by atoms with Crippen molar-refractivity contribution in [3.63, 3.8) is 0 Å². The molecule has 0 saturated carbocycles. The normalized spacial score (nSPS) is 16.8. The highest BCUT2D eigenvalue weighted by Gasteiger charge is 2.18. The predicted molar refractivity (Wildman–Crippen MR) is 59.5 cm³/mol. The molecule has 0 saturated heterocycles. The smallest absolute Gasteiger partial charge is 0.255 e. The Hall–Kier alpha value is -1.55. The summed E-state index contributed by atoms with van der Waals surface area (Å²) < 4.78 is 5.42.